The fourth-order valence-corrected chi connectivity index (χ4v) is 1.33. The highest BCUT2D eigenvalue weighted by molar-refractivity contribution is 5.99. The molecule has 0 radical (unpaired) electrons. The molecular formula is C11H18O3. The second kappa shape index (κ2) is 4.49. The number of hydrogen-bond acceptors (Lipinski definition) is 3. The molecule has 0 aromatic heterocycles. The first-order valence-electron chi connectivity index (χ1n) is 5.18. The SMILES string of the molecule is CCC(C)OC1=C(C)OC(CC)C1=O. The monoisotopic (exact) mass is 198 g/mol. The molecule has 14 heavy (non-hydrogen) atoms. The number of allylic oxidation sites excluding steroid dienone is 1. The van der Waals surface area contributed by atoms with Crippen LogP contribution < -0.4 is 0 Å². The van der Waals surface area contributed by atoms with Gasteiger partial charge in [-0.2, -0.15) is 0 Å². The Hall–Kier alpha value is -0.990. The zero-order valence-electron chi connectivity index (χ0n) is 9.29. The van der Waals surface area contributed by atoms with E-state index in [0.29, 0.717) is 17.9 Å². The minimum Gasteiger partial charge on any atom is -0.484 e. The van der Waals surface area contributed by atoms with Crippen LogP contribution in [0.5, 0.6) is 0 Å². The van der Waals surface area contributed by atoms with Crippen molar-refractivity contribution < 1.29 is 14.3 Å². The van der Waals surface area contributed by atoms with Gasteiger partial charge in [0, 0.05) is 0 Å². The van der Waals surface area contributed by atoms with E-state index in [1.807, 2.05) is 20.8 Å². The molecule has 0 N–H and O–H groups in total. The number of ether oxygens (including phenoxy) is 2. The highest BCUT2D eigenvalue weighted by Crippen LogP contribution is 2.25. The molecule has 2 atom stereocenters. The van der Waals surface area contributed by atoms with Crippen molar-refractivity contribution in [2.75, 3.05) is 0 Å². The molecule has 2 unspecified atom stereocenters. The maximum Gasteiger partial charge on any atom is 0.241 e. The van der Waals surface area contributed by atoms with Crippen LogP contribution in [0.15, 0.2) is 11.5 Å². The summed E-state index contributed by atoms with van der Waals surface area (Å²) in [6.07, 6.45) is 1.34. The summed E-state index contributed by atoms with van der Waals surface area (Å²) in [4.78, 5) is 11.7. The van der Waals surface area contributed by atoms with Gasteiger partial charge in [-0.25, -0.2) is 0 Å². The van der Waals surface area contributed by atoms with Gasteiger partial charge in [-0.3, -0.25) is 4.79 Å². The van der Waals surface area contributed by atoms with E-state index in [4.69, 9.17) is 9.47 Å². The molecule has 0 amide bonds. The van der Waals surface area contributed by atoms with E-state index in [-0.39, 0.29) is 18.0 Å². The van der Waals surface area contributed by atoms with Gasteiger partial charge >= 0.3 is 0 Å². The van der Waals surface area contributed by atoms with Crippen LogP contribution in [0, 0.1) is 0 Å². The van der Waals surface area contributed by atoms with Crippen LogP contribution in [-0.2, 0) is 14.3 Å². The minimum absolute atomic E-state index is 0.00898. The summed E-state index contributed by atoms with van der Waals surface area (Å²) in [7, 11) is 0. The second-order valence-corrected chi connectivity index (χ2v) is 3.60. The minimum atomic E-state index is -0.325. The van der Waals surface area contributed by atoms with E-state index >= 15 is 0 Å². The van der Waals surface area contributed by atoms with Gasteiger partial charge in [-0.1, -0.05) is 13.8 Å². The third-order valence-electron chi connectivity index (χ3n) is 2.42. The zero-order chi connectivity index (χ0) is 10.7. The molecule has 3 heteroatoms. The lowest BCUT2D eigenvalue weighted by Gasteiger charge is -2.11. The molecule has 0 fully saturated rings. The summed E-state index contributed by atoms with van der Waals surface area (Å²) < 4.78 is 10.9. The molecule has 0 saturated heterocycles. The Morgan fingerprint density at radius 2 is 2.14 bits per heavy atom. The third-order valence-corrected chi connectivity index (χ3v) is 2.42. The highest BCUT2D eigenvalue weighted by Gasteiger charge is 2.33. The van der Waals surface area contributed by atoms with Crippen molar-refractivity contribution in [2.45, 2.75) is 52.7 Å². The molecule has 1 aliphatic rings. The first-order chi connectivity index (χ1) is 6.60. The Balaban J connectivity index is 2.68. The molecule has 0 aromatic carbocycles. The van der Waals surface area contributed by atoms with E-state index in [9.17, 15) is 4.79 Å². The Labute approximate surface area is 85.1 Å². The van der Waals surface area contributed by atoms with Crippen LogP contribution in [0.25, 0.3) is 0 Å². The normalized spacial score (nSPS) is 23.7. The van der Waals surface area contributed by atoms with Crippen molar-refractivity contribution in [3.63, 3.8) is 0 Å². The molecule has 0 bridgehead atoms. The molecule has 1 rings (SSSR count). The number of ketones is 1. The molecule has 3 nitrogen and oxygen atoms in total. The number of rotatable bonds is 4. The van der Waals surface area contributed by atoms with Crippen LogP contribution in [0.3, 0.4) is 0 Å². The first-order valence-corrected chi connectivity index (χ1v) is 5.18. The molecule has 1 heterocycles. The topological polar surface area (TPSA) is 35.5 Å². The predicted octanol–water partition coefficient (Wildman–Crippen LogP) is 2.41. The molecule has 80 valence electrons. The van der Waals surface area contributed by atoms with Crippen LogP contribution in [0.4, 0.5) is 0 Å². The van der Waals surface area contributed by atoms with Crippen molar-refractivity contribution >= 4 is 5.78 Å². The maximum atomic E-state index is 11.7. The smallest absolute Gasteiger partial charge is 0.241 e. The van der Waals surface area contributed by atoms with Gasteiger partial charge in [-0.05, 0) is 26.7 Å². The van der Waals surface area contributed by atoms with E-state index in [0.717, 1.165) is 6.42 Å². The van der Waals surface area contributed by atoms with E-state index in [2.05, 4.69) is 0 Å². The van der Waals surface area contributed by atoms with Crippen molar-refractivity contribution in [3.8, 4) is 0 Å². The van der Waals surface area contributed by atoms with E-state index < -0.39 is 0 Å². The first kappa shape index (κ1) is 11.1. The molecule has 1 aliphatic heterocycles. The maximum absolute atomic E-state index is 11.7. The molecule has 0 spiro atoms. The van der Waals surface area contributed by atoms with Crippen molar-refractivity contribution in [1.29, 1.82) is 0 Å². The van der Waals surface area contributed by atoms with Gasteiger partial charge in [0.1, 0.15) is 5.76 Å². The van der Waals surface area contributed by atoms with Gasteiger partial charge in [0.05, 0.1) is 6.10 Å². The third kappa shape index (κ3) is 2.08. The quantitative estimate of drug-likeness (QED) is 0.696. The average molecular weight is 198 g/mol. The van der Waals surface area contributed by atoms with Crippen LogP contribution >= 0.6 is 0 Å². The predicted molar refractivity (Wildman–Crippen MR) is 53.7 cm³/mol. The van der Waals surface area contributed by atoms with Crippen LogP contribution in [-0.4, -0.2) is 18.0 Å². The fourth-order valence-electron chi connectivity index (χ4n) is 1.33. The van der Waals surface area contributed by atoms with Gasteiger partial charge in [-0.15, -0.1) is 0 Å². The second-order valence-electron chi connectivity index (χ2n) is 3.60. The Morgan fingerprint density at radius 1 is 1.50 bits per heavy atom. The lowest BCUT2D eigenvalue weighted by atomic mass is 10.2. The van der Waals surface area contributed by atoms with Crippen molar-refractivity contribution in [1.82, 2.24) is 0 Å². The zero-order valence-corrected chi connectivity index (χ0v) is 9.29. The van der Waals surface area contributed by atoms with Crippen LogP contribution in [0.1, 0.15) is 40.5 Å². The lowest BCUT2D eigenvalue weighted by molar-refractivity contribution is -0.124. The molecule has 0 saturated carbocycles. The van der Waals surface area contributed by atoms with Gasteiger partial charge in [0.25, 0.3) is 0 Å². The lowest BCUT2D eigenvalue weighted by Crippen LogP contribution is -2.19. The number of carbonyl (C=O) groups excluding carboxylic acids is 1. The summed E-state index contributed by atoms with van der Waals surface area (Å²) in [5, 5.41) is 0. The summed E-state index contributed by atoms with van der Waals surface area (Å²) in [5.41, 5.74) is 0. The van der Waals surface area contributed by atoms with E-state index in [1.54, 1.807) is 6.92 Å². The Kier molecular flexibility index (Phi) is 3.55. The van der Waals surface area contributed by atoms with Gasteiger partial charge < -0.3 is 9.47 Å². The number of Topliss-reactive ketones (excluding diaryl/α,β-unsaturated/α-hetero) is 1. The van der Waals surface area contributed by atoms with E-state index in [1.165, 1.54) is 0 Å². The summed E-state index contributed by atoms with van der Waals surface area (Å²) >= 11 is 0. The summed E-state index contributed by atoms with van der Waals surface area (Å²) in [5.74, 6) is 1.04. The fraction of sp³-hybridized carbons (Fsp3) is 0.727. The average Bonchev–Trinajstić information content (AvgIpc) is 2.44. The van der Waals surface area contributed by atoms with Gasteiger partial charge in [0.2, 0.25) is 11.5 Å². The van der Waals surface area contributed by atoms with Gasteiger partial charge in [0.15, 0.2) is 6.10 Å². The van der Waals surface area contributed by atoms with Crippen LogP contribution in [0.2, 0.25) is 0 Å². The molecule has 0 aliphatic carbocycles. The molecule has 0 aromatic rings. The Morgan fingerprint density at radius 3 is 2.57 bits per heavy atom. The highest BCUT2D eigenvalue weighted by atomic mass is 16.5. The summed E-state index contributed by atoms with van der Waals surface area (Å²) in [6.45, 7) is 7.69. The standard InChI is InChI=1S/C11H18O3/c1-5-7(3)13-11-8(4)14-9(6-2)10(11)12/h7,9H,5-6H2,1-4H3. The summed E-state index contributed by atoms with van der Waals surface area (Å²) in [6, 6.07) is 0. The number of carbonyl (C=O) groups is 1. The van der Waals surface area contributed by atoms with Crippen molar-refractivity contribution in [2.24, 2.45) is 0 Å². The largest absolute Gasteiger partial charge is 0.484 e. The van der Waals surface area contributed by atoms with Crippen molar-refractivity contribution in [3.05, 3.63) is 11.5 Å². The molecular weight excluding hydrogens is 180 g/mol. The Bertz CT molecular complexity index is 255. The number of hydrogen-bond donors (Lipinski definition) is 0.